The molecule has 1 fully saturated rings. The maximum absolute atomic E-state index is 12.4. The number of nitrogens with zero attached hydrogens (tertiary/aromatic N) is 2. The van der Waals surface area contributed by atoms with Crippen molar-refractivity contribution in [3.05, 3.63) is 36.0 Å². The van der Waals surface area contributed by atoms with Gasteiger partial charge in [-0.1, -0.05) is 18.2 Å². The Kier molecular flexibility index (Phi) is 5.35. The summed E-state index contributed by atoms with van der Waals surface area (Å²) in [5, 5.41) is 4.02. The number of benzene rings is 1. The van der Waals surface area contributed by atoms with Crippen molar-refractivity contribution in [1.82, 2.24) is 14.8 Å². The van der Waals surface area contributed by atoms with Gasteiger partial charge < -0.3 is 19.7 Å². The van der Waals surface area contributed by atoms with Gasteiger partial charge in [0.2, 0.25) is 6.79 Å². The van der Waals surface area contributed by atoms with Gasteiger partial charge in [0.05, 0.1) is 11.4 Å². The molecule has 1 N–H and O–H groups in total. The Labute approximate surface area is 146 Å². The Bertz CT molecular complexity index is 765. The lowest BCUT2D eigenvalue weighted by molar-refractivity contribution is -0.158. The van der Waals surface area contributed by atoms with E-state index in [0.29, 0.717) is 13.1 Å². The topological polar surface area (TPSA) is 72.8 Å². The monoisotopic (exact) mass is 345 g/mol. The number of carbonyl (C=O) groups is 2. The van der Waals surface area contributed by atoms with E-state index >= 15 is 0 Å². The molecule has 1 aromatic heterocycles. The van der Waals surface area contributed by atoms with Crippen LogP contribution in [0.25, 0.3) is 10.9 Å². The summed E-state index contributed by atoms with van der Waals surface area (Å²) < 4.78 is 11.6. The summed E-state index contributed by atoms with van der Waals surface area (Å²) >= 11 is 0. The number of rotatable bonds is 6. The average Bonchev–Trinajstić information content (AvgIpc) is 2.90. The molecule has 25 heavy (non-hydrogen) atoms. The summed E-state index contributed by atoms with van der Waals surface area (Å²) in [6.45, 7) is 1.75. The van der Waals surface area contributed by atoms with Crippen molar-refractivity contribution < 1.29 is 19.1 Å². The molecule has 1 saturated heterocycles. The second-order valence-electron chi connectivity index (χ2n) is 6.44. The van der Waals surface area contributed by atoms with Crippen LogP contribution in [-0.4, -0.2) is 62.1 Å². The zero-order chi connectivity index (χ0) is 17.8. The Morgan fingerprint density at radius 3 is 2.68 bits per heavy atom. The molecule has 0 saturated carbocycles. The Morgan fingerprint density at radius 1 is 1.24 bits per heavy atom. The van der Waals surface area contributed by atoms with Crippen molar-refractivity contribution in [1.29, 1.82) is 0 Å². The minimum atomic E-state index is -0.549. The molecular formula is C18H23N3O4. The molecule has 0 aliphatic carbocycles. The van der Waals surface area contributed by atoms with E-state index in [1.165, 1.54) is 4.57 Å². The number of esters is 1. The number of likely N-dealkylation sites (N-methyl/N-ethyl adjacent to an activating group) is 1. The summed E-state index contributed by atoms with van der Waals surface area (Å²) in [4.78, 5) is 26.1. The maximum atomic E-state index is 12.4. The number of hydrogen-bond acceptors (Lipinski definition) is 6. The van der Waals surface area contributed by atoms with E-state index < -0.39 is 6.09 Å². The molecule has 0 bridgehead atoms. The van der Waals surface area contributed by atoms with Gasteiger partial charge in [-0.05, 0) is 32.1 Å². The van der Waals surface area contributed by atoms with Gasteiger partial charge in [-0.2, -0.15) is 0 Å². The van der Waals surface area contributed by atoms with Crippen LogP contribution >= 0.6 is 0 Å². The maximum Gasteiger partial charge on any atom is 0.421 e. The number of fused-ring (bicyclic) bond motifs is 1. The third kappa shape index (κ3) is 4.00. The van der Waals surface area contributed by atoms with Crippen molar-refractivity contribution >= 4 is 23.0 Å². The van der Waals surface area contributed by atoms with Crippen molar-refractivity contribution in [3.8, 4) is 0 Å². The van der Waals surface area contributed by atoms with Crippen LogP contribution < -0.4 is 5.32 Å². The molecule has 0 atom stereocenters. The number of nitrogens with one attached hydrogen (secondary N) is 1. The minimum absolute atomic E-state index is 0.135. The van der Waals surface area contributed by atoms with E-state index in [0.717, 1.165) is 29.4 Å². The average molecular weight is 345 g/mol. The molecule has 3 rings (SSSR count). The van der Waals surface area contributed by atoms with E-state index in [-0.39, 0.29) is 18.7 Å². The molecule has 2 aromatic rings. The van der Waals surface area contributed by atoms with Crippen LogP contribution in [0.3, 0.4) is 0 Å². The Hall–Kier alpha value is -2.38. The fourth-order valence-corrected chi connectivity index (χ4v) is 2.73. The molecule has 1 aromatic carbocycles. The summed E-state index contributed by atoms with van der Waals surface area (Å²) in [5.41, 5.74) is 1.87. The summed E-state index contributed by atoms with van der Waals surface area (Å²) in [5.74, 6) is -0.473. The van der Waals surface area contributed by atoms with Crippen molar-refractivity contribution in [2.45, 2.75) is 6.42 Å². The van der Waals surface area contributed by atoms with Gasteiger partial charge >= 0.3 is 12.1 Å². The number of para-hydroxylation sites is 1. The van der Waals surface area contributed by atoms with Gasteiger partial charge in [0.25, 0.3) is 0 Å². The SMILES string of the molecule is CN(C)CCc1cn(C(=O)OCOC(=O)C2CNC2)c2ccccc12. The standard InChI is InChI=1S/C18H23N3O4/c1-20(2)8-7-13-11-21(16-6-4-3-5-15(13)16)18(23)25-12-24-17(22)14-9-19-10-14/h3-6,11,14,19H,7-10,12H2,1-2H3. The Balaban J connectivity index is 1.66. The second kappa shape index (κ2) is 7.67. The molecule has 0 amide bonds. The highest BCUT2D eigenvalue weighted by molar-refractivity contribution is 5.92. The zero-order valence-corrected chi connectivity index (χ0v) is 14.5. The van der Waals surface area contributed by atoms with Crippen LogP contribution in [-0.2, 0) is 20.7 Å². The first-order valence-electron chi connectivity index (χ1n) is 8.34. The van der Waals surface area contributed by atoms with Crippen molar-refractivity contribution in [2.75, 3.05) is 40.5 Å². The molecule has 134 valence electrons. The second-order valence-corrected chi connectivity index (χ2v) is 6.44. The van der Waals surface area contributed by atoms with Crippen LogP contribution in [0.5, 0.6) is 0 Å². The van der Waals surface area contributed by atoms with Gasteiger partial charge in [-0.25, -0.2) is 4.79 Å². The fourth-order valence-electron chi connectivity index (χ4n) is 2.73. The van der Waals surface area contributed by atoms with Gasteiger partial charge in [0.15, 0.2) is 0 Å². The van der Waals surface area contributed by atoms with Crippen LogP contribution in [0.2, 0.25) is 0 Å². The summed E-state index contributed by atoms with van der Waals surface area (Å²) in [7, 11) is 4.03. The molecule has 0 radical (unpaired) electrons. The number of carbonyl (C=O) groups excluding carboxylic acids is 2. The lowest BCUT2D eigenvalue weighted by atomic mass is 10.0. The van der Waals surface area contributed by atoms with E-state index in [4.69, 9.17) is 9.47 Å². The fraction of sp³-hybridized carbons (Fsp3) is 0.444. The van der Waals surface area contributed by atoms with Gasteiger partial charge in [0.1, 0.15) is 0 Å². The number of aromatic nitrogens is 1. The van der Waals surface area contributed by atoms with E-state index in [1.54, 1.807) is 6.20 Å². The van der Waals surface area contributed by atoms with Crippen molar-refractivity contribution in [2.24, 2.45) is 5.92 Å². The smallest absolute Gasteiger partial charge is 0.421 e. The van der Waals surface area contributed by atoms with Gasteiger partial charge in [0, 0.05) is 31.2 Å². The summed E-state index contributed by atoms with van der Waals surface area (Å²) in [6.07, 6.45) is 2.08. The highest BCUT2D eigenvalue weighted by atomic mass is 16.7. The van der Waals surface area contributed by atoms with Crippen LogP contribution in [0.4, 0.5) is 4.79 Å². The minimum Gasteiger partial charge on any atom is -0.427 e. The predicted octanol–water partition coefficient (Wildman–Crippen LogP) is 1.45. The van der Waals surface area contributed by atoms with Crippen LogP contribution in [0.1, 0.15) is 5.56 Å². The lowest BCUT2D eigenvalue weighted by Gasteiger charge is -2.24. The first-order chi connectivity index (χ1) is 12.1. The number of ether oxygens (including phenoxy) is 2. The predicted molar refractivity (Wildman–Crippen MR) is 93.4 cm³/mol. The van der Waals surface area contributed by atoms with E-state index in [1.807, 2.05) is 38.4 Å². The van der Waals surface area contributed by atoms with Crippen molar-refractivity contribution in [3.63, 3.8) is 0 Å². The molecule has 1 aliphatic heterocycles. The van der Waals surface area contributed by atoms with E-state index in [2.05, 4.69) is 10.2 Å². The quantitative estimate of drug-likeness (QED) is 0.631. The van der Waals surface area contributed by atoms with Gasteiger partial charge in [-0.15, -0.1) is 0 Å². The zero-order valence-electron chi connectivity index (χ0n) is 14.5. The Morgan fingerprint density at radius 2 is 2.00 bits per heavy atom. The third-order valence-corrected chi connectivity index (χ3v) is 4.32. The largest absolute Gasteiger partial charge is 0.427 e. The normalized spacial score (nSPS) is 14.5. The molecule has 0 spiro atoms. The first kappa shape index (κ1) is 17.4. The lowest BCUT2D eigenvalue weighted by Crippen LogP contribution is -2.47. The highest BCUT2D eigenvalue weighted by Gasteiger charge is 2.26. The van der Waals surface area contributed by atoms with Crippen LogP contribution in [0, 0.1) is 5.92 Å². The molecule has 0 unspecified atom stereocenters. The highest BCUT2D eigenvalue weighted by Crippen LogP contribution is 2.22. The first-order valence-corrected chi connectivity index (χ1v) is 8.34. The molecule has 7 nitrogen and oxygen atoms in total. The van der Waals surface area contributed by atoms with Gasteiger partial charge in [-0.3, -0.25) is 9.36 Å². The van der Waals surface area contributed by atoms with E-state index in [9.17, 15) is 9.59 Å². The number of hydrogen-bond donors (Lipinski definition) is 1. The molecule has 7 heteroatoms. The molecule has 1 aliphatic rings. The molecule has 2 heterocycles. The molecular weight excluding hydrogens is 322 g/mol. The third-order valence-electron chi connectivity index (χ3n) is 4.32. The van der Waals surface area contributed by atoms with Crippen LogP contribution in [0.15, 0.2) is 30.5 Å². The summed E-state index contributed by atoms with van der Waals surface area (Å²) in [6, 6.07) is 7.70.